The van der Waals surface area contributed by atoms with Crippen molar-refractivity contribution in [1.82, 2.24) is 4.90 Å². The summed E-state index contributed by atoms with van der Waals surface area (Å²) in [5, 5.41) is 12.4. The van der Waals surface area contributed by atoms with Crippen molar-refractivity contribution in [3.05, 3.63) is 144 Å². The number of hydrogen-bond acceptors (Lipinski definition) is 2. The van der Waals surface area contributed by atoms with E-state index in [0.29, 0.717) is 6.42 Å². The first-order chi connectivity index (χ1) is 17.7. The fourth-order valence-electron chi connectivity index (χ4n) is 5.99. The average Bonchev–Trinajstić information content (AvgIpc) is 2.93. The molecule has 5 rings (SSSR count). The number of benzene rings is 4. The van der Waals surface area contributed by atoms with Gasteiger partial charge in [0.05, 0.1) is 5.60 Å². The van der Waals surface area contributed by atoms with E-state index in [1.807, 2.05) is 0 Å². The Balaban J connectivity index is 1.48. The highest BCUT2D eigenvalue weighted by molar-refractivity contribution is 5.24. The van der Waals surface area contributed by atoms with Gasteiger partial charge in [0.15, 0.2) is 0 Å². The lowest BCUT2D eigenvalue weighted by Crippen LogP contribution is -2.60. The van der Waals surface area contributed by atoms with Gasteiger partial charge in [-0.1, -0.05) is 121 Å². The van der Waals surface area contributed by atoms with Crippen LogP contribution < -0.4 is 0 Å². The molecule has 0 amide bonds. The Hall–Kier alpha value is -3.20. The van der Waals surface area contributed by atoms with Crippen LogP contribution >= 0.6 is 0 Å². The summed E-state index contributed by atoms with van der Waals surface area (Å²) in [5.41, 5.74) is 4.49. The summed E-state index contributed by atoms with van der Waals surface area (Å²) in [6.07, 6.45) is 4.34. The fourth-order valence-corrected chi connectivity index (χ4v) is 5.99. The summed E-state index contributed by atoms with van der Waals surface area (Å²) in [6, 6.07) is 43.2. The average molecular weight is 476 g/mol. The summed E-state index contributed by atoms with van der Waals surface area (Å²) < 4.78 is 0. The van der Waals surface area contributed by atoms with Crippen LogP contribution in [0.4, 0.5) is 0 Å². The van der Waals surface area contributed by atoms with Gasteiger partial charge in [0.2, 0.25) is 0 Å². The first-order valence-electron chi connectivity index (χ1n) is 13.3. The minimum absolute atomic E-state index is 0.129. The van der Waals surface area contributed by atoms with E-state index in [4.69, 9.17) is 0 Å². The van der Waals surface area contributed by atoms with Crippen molar-refractivity contribution in [3.63, 3.8) is 0 Å². The zero-order valence-corrected chi connectivity index (χ0v) is 21.0. The second-order valence-electron chi connectivity index (χ2n) is 10.3. The maximum absolute atomic E-state index is 12.4. The van der Waals surface area contributed by atoms with E-state index < -0.39 is 5.60 Å². The molecule has 4 aromatic rings. The number of likely N-dealkylation sites (tertiary alicyclic amines) is 1. The maximum atomic E-state index is 12.4. The molecule has 2 nitrogen and oxygen atoms in total. The van der Waals surface area contributed by atoms with Gasteiger partial charge in [0.1, 0.15) is 0 Å². The Kier molecular flexibility index (Phi) is 7.95. The molecule has 4 aromatic carbocycles. The van der Waals surface area contributed by atoms with E-state index in [-0.39, 0.29) is 12.0 Å². The Morgan fingerprint density at radius 3 is 1.64 bits per heavy atom. The van der Waals surface area contributed by atoms with Crippen LogP contribution in [0.1, 0.15) is 28.7 Å². The van der Waals surface area contributed by atoms with Gasteiger partial charge in [-0.3, -0.25) is 4.90 Å². The van der Waals surface area contributed by atoms with Crippen molar-refractivity contribution in [3.8, 4) is 0 Å². The van der Waals surface area contributed by atoms with E-state index in [0.717, 1.165) is 38.8 Å². The number of piperidine rings is 1. The van der Waals surface area contributed by atoms with Crippen molar-refractivity contribution in [1.29, 1.82) is 0 Å². The SMILES string of the molecule is O[C@]1(Cc2ccccc2)CCN(CCc2ccccc2)[C@@H](Cc2ccccc2)[C@@H]1Cc1ccccc1. The predicted molar refractivity (Wildman–Crippen MR) is 149 cm³/mol. The summed E-state index contributed by atoms with van der Waals surface area (Å²) in [7, 11) is 0. The van der Waals surface area contributed by atoms with Crippen LogP contribution in [0.15, 0.2) is 121 Å². The van der Waals surface area contributed by atoms with Crippen LogP contribution in [0.3, 0.4) is 0 Å². The largest absolute Gasteiger partial charge is 0.389 e. The van der Waals surface area contributed by atoms with Crippen LogP contribution in [0.25, 0.3) is 0 Å². The predicted octanol–water partition coefficient (Wildman–Crippen LogP) is 6.38. The lowest BCUT2D eigenvalue weighted by Gasteiger charge is -2.51. The molecule has 36 heavy (non-hydrogen) atoms. The van der Waals surface area contributed by atoms with E-state index in [9.17, 15) is 5.11 Å². The highest BCUT2D eigenvalue weighted by atomic mass is 16.3. The van der Waals surface area contributed by atoms with Crippen molar-refractivity contribution in [2.24, 2.45) is 5.92 Å². The topological polar surface area (TPSA) is 23.5 Å². The van der Waals surface area contributed by atoms with E-state index in [1.165, 1.54) is 22.3 Å². The second-order valence-corrected chi connectivity index (χ2v) is 10.3. The molecule has 1 heterocycles. The zero-order valence-electron chi connectivity index (χ0n) is 21.0. The van der Waals surface area contributed by atoms with E-state index >= 15 is 0 Å². The smallest absolute Gasteiger partial charge is 0.0746 e. The normalized spacial score (nSPS) is 22.4. The molecule has 1 fully saturated rings. The van der Waals surface area contributed by atoms with Crippen LogP contribution in [0.5, 0.6) is 0 Å². The molecule has 0 saturated carbocycles. The molecule has 2 heteroatoms. The Labute approximate surface area is 216 Å². The summed E-state index contributed by atoms with van der Waals surface area (Å²) in [5.74, 6) is 0.129. The lowest BCUT2D eigenvalue weighted by atomic mass is 9.68. The first kappa shape index (κ1) is 24.5. The van der Waals surface area contributed by atoms with Crippen molar-refractivity contribution in [2.75, 3.05) is 13.1 Å². The molecule has 1 aliphatic rings. The van der Waals surface area contributed by atoms with E-state index in [2.05, 4.69) is 126 Å². The van der Waals surface area contributed by atoms with Gasteiger partial charge in [-0.05, 0) is 47.9 Å². The standard InChI is InChI=1S/C34H37NO/c36-34(27-31-19-11-4-12-20-31)22-24-35(23-21-28-13-5-1-6-14-28)33(26-30-17-9-3-10-18-30)32(34)25-29-15-7-2-8-16-29/h1-20,32-33,36H,21-27H2/t32-,33-,34-/m0/s1. The van der Waals surface area contributed by atoms with Gasteiger partial charge in [-0.2, -0.15) is 0 Å². The summed E-state index contributed by atoms with van der Waals surface area (Å²) in [6.45, 7) is 1.92. The van der Waals surface area contributed by atoms with Crippen molar-refractivity contribution < 1.29 is 5.11 Å². The molecule has 0 radical (unpaired) electrons. The highest BCUT2D eigenvalue weighted by Gasteiger charge is 2.47. The van der Waals surface area contributed by atoms with Gasteiger partial charge in [0, 0.05) is 31.5 Å². The molecule has 0 aromatic heterocycles. The van der Waals surface area contributed by atoms with Crippen LogP contribution in [0, 0.1) is 5.92 Å². The molecule has 1 N–H and O–H groups in total. The molecular weight excluding hydrogens is 438 g/mol. The Morgan fingerprint density at radius 1 is 0.611 bits per heavy atom. The second kappa shape index (κ2) is 11.7. The Morgan fingerprint density at radius 2 is 1.08 bits per heavy atom. The minimum Gasteiger partial charge on any atom is -0.389 e. The summed E-state index contributed by atoms with van der Waals surface area (Å²) >= 11 is 0. The van der Waals surface area contributed by atoms with Gasteiger partial charge in [0.25, 0.3) is 0 Å². The molecule has 0 spiro atoms. The summed E-state index contributed by atoms with van der Waals surface area (Å²) in [4.78, 5) is 2.66. The highest BCUT2D eigenvalue weighted by Crippen LogP contribution is 2.39. The third-order valence-corrected chi connectivity index (χ3v) is 7.93. The third kappa shape index (κ3) is 6.13. The minimum atomic E-state index is -0.750. The zero-order chi connectivity index (χ0) is 24.6. The van der Waals surface area contributed by atoms with Crippen LogP contribution in [0.2, 0.25) is 0 Å². The van der Waals surface area contributed by atoms with Crippen LogP contribution in [-0.4, -0.2) is 34.7 Å². The molecule has 0 bridgehead atoms. The number of nitrogens with zero attached hydrogens (tertiary/aromatic N) is 1. The first-order valence-corrected chi connectivity index (χ1v) is 13.3. The molecule has 0 aliphatic carbocycles. The molecule has 184 valence electrons. The maximum Gasteiger partial charge on any atom is 0.0746 e. The Bertz CT molecular complexity index is 1180. The van der Waals surface area contributed by atoms with Crippen LogP contribution in [-0.2, 0) is 25.7 Å². The van der Waals surface area contributed by atoms with Crippen molar-refractivity contribution >= 4 is 0 Å². The molecular formula is C34H37NO. The molecule has 0 unspecified atom stereocenters. The van der Waals surface area contributed by atoms with Gasteiger partial charge in [-0.15, -0.1) is 0 Å². The van der Waals surface area contributed by atoms with Crippen molar-refractivity contribution in [2.45, 2.75) is 43.7 Å². The van der Waals surface area contributed by atoms with Gasteiger partial charge in [-0.25, -0.2) is 0 Å². The number of hydrogen-bond donors (Lipinski definition) is 1. The monoisotopic (exact) mass is 475 g/mol. The third-order valence-electron chi connectivity index (χ3n) is 7.93. The fraction of sp³-hybridized carbons (Fsp3) is 0.294. The number of rotatable bonds is 9. The number of aliphatic hydroxyl groups is 1. The quantitative estimate of drug-likeness (QED) is 0.304. The lowest BCUT2D eigenvalue weighted by molar-refractivity contribution is -0.100. The molecule has 1 aliphatic heterocycles. The molecule has 3 atom stereocenters. The van der Waals surface area contributed by atoms with Gasteiger partial charge < -0.3 is 5.11 Å². The van der Waals surface area contributed by atoms with E-state index in [1.54, 1.807) is 0 Å². The van der Waals surface area contributed by atoms with Gasteiger partial charge >= 0.3 is 0 Å². The molecule has 1 saturated heterocycles.